The molecule has 6 heteroatoms. The van der Waals surface area contributed by atoms with Crippen molar-refractivity contribution in [3.05, 3.63) is 24.0 Å². The van der Waals surface area contributed by atoms with Gasteiger partial charge < -0.3 is 21.1 Å². The molecule has 100 valence electrons. The quantitative estimate of drug-likeness (QED) is 0.501. The van der Waals surface area contributed by atoms with E-state index >= 15 is 0 Å². The van der Waals surface area contributed by atoms with Gasteiger partial charge in [0.05, 0.1) is 18.0 Å². The van der Waals surface area contributed by atoms with E-state index in [1.165, 1.54) is 6.07 Å². The summed E-state index contributed by atoms with van der Waals surface area (Å²) < 4.78 is 17.9. The van der Waals surface area contributed by atoms with Crippen LogP contribution >= 0.6 is 0 Å². The van der Waals surface area contributed by atoms with Crippen molar-refractivity contribution in [1.29, 1.82) is 0 Å². The van der Waals surface area contributed by atoms with Crippen LogP contribution in [0, 0.1) is 5.82 Å². The lowest BCUT2D eigenvalue weighted by atomic mass is 10.2. The van der Waals surface area contributed by atoms with Crippen LogP contribution in [0.3, 0.4) is 0 Å². The number of nitrogen functional groups attached to an aromatic ring is 1. The Morgan fingerprint density at radius 3 is 2.94 bits per heavy atom. The summed E-state index contributed by atoms with van der Waals surface area (Å²) >= 11 is 0. The fourth-order valence-electron chi connectivity index (χ4n) is 1.38. The highest BCUT2D eigenvalue weighted by molar-refractivity contribution is 5.76. The van der Waals surface area contributed by atoms with Gasteiger partial charge in [-0.1, -0.05) is 6.07 Å². The second kappa shape index (κ2) is 7.50. The van der Waals surface area contributed by atoms with Gasteiger partial charge in [0.15, 0.2) is 0 Å². The van der Waals surface area contributed by atoms with E-state index in [9.17, 15) is 9.18 Å². The lowest BCUT2D eigenvalue weighted by molar-refractivity contribution is -0.121. The molecule has 0 fully saturated rings. The molecule has 1 aromatic carbocycles. The van der Waals surface area contributed by atoms with Crippen molar-refractivity contribution < 1.29 is 13.9 Å². The van der Waals surface area contributed by atoms with Gasteiger partial charge in [0, 0.05) is 26.6 Å². The molecule has 0 unspecified atom stereocenters. The molecule has 0 saturated heterocycles. The van der Waals surface area contributed by atoms with Crippen LogP contribution in [0.1, 0.15) is 6.42 Å². The number of amides is 1. The molecule has 1 rings (SSSR count). The topological polar surface area (TPSA) is 76.4 Å². The lowest BCUT2D eigenvalue weighted by Crippen LogP contribution is -2.28. The third-order valence-electron chi connectivity index (χ3n) is 2.35. The van der Waals surface area contributed by atoms with E-state index < -0.39 is 5.82 Å². The molecule has 0 saturated carbocycles. The predicted octanol–water partition coefficient (Wildman–Crippen LogP) is 0.972. The minimum atomic E-state index is -0.468. The van der Waals surface area contributed by atoms with Gasteiger partial charge >= 0.3 is 0 Å². The predicted molar refractivity (Wildman–Crippen MR) is 68.8 cm³/mol. The van der Waals surface area contributed by atoms with E-state index in [0.29, 0.717) is 31.8 Å². The maximum absolute atomic E-state index is 13.1. The smallest absolute Gasteiger partial charge is 0.221 e. The fraction of sp³-hybridized carbons (Fsp3) is 0.417. The summed E-state index contributed by atoms with van der Waals surface area (Å²) in [5.74, 6) is -0.556. The molecule has 1 amide bonds. The molecule has 5 nitrogen and oxygen atoms in total. The van der Waals surface area contributed by atoms with Gasteiger partial charge in [0.1, 0.15) is 5.82 Å². The average molecular weight is 255 g/mol. The highest BCUT2D eigenvalue weighted by Crippen LogP contribution is 2.20. The third-order valence-corrected chi connectivity index (χ3v) is 2.35. The number of benzene rings is 1. The maximum atomic E-state index is 13.1. The number of hydrogen-bond acceptors (Lipinski definition) is 4. The van der Waals surface area contributed by atoms with E-state index in [4.69, 9.17) is 10.5 Å². The molecule has 0 aromatic heterocycles. The lowest BCUT2D eigenvalue weighted by Gasteiger charge is -2.09. The molecule has 0 bridgehead atoms. The van der Waals surface area contributed by atoms with Crippen molar-refractivity contribution in [3.8, 4) is 0 Å². The van der Waals surface area contributed by atoms with Gasteiger partial charge in [-0.05, 0) is 12.1 Å². The summed E-state index contributed by atoms with van der Waals surface area (Å²) in [6, 6.07) is 4.52. The molecule has 0 aliphatic carbocycles. The number of nitrogens with two attached hydrogens (primary N) is 1. The van der Waals surface area contributed by atoms with Crippen LogP contribution in [-0.4, -0.2) is 32.7 Å². The molecule has 0 radical (unpaired) electrons. The molecule has 0 heterocycles. The molecule has 4 N–H and O–H groups in total. The first-order valence-electron chi connectivity index (χ1n) is 5.68. The zero-order valence-corrected chi connectivity index (χ0v) is 10.3. The normalized spacial score (nSPS) is 10.1. The minimum Gasteiger partial charge on any atom is -0.395 e. The summed E-state index contributed by atoms with van der Waals surface area (Å²) in [7, 11) is 1.57. The SMILES string of the molecule is COCCNC(=O)CCNc1cccc(F)c1N. The van der Waals surface area contributed by atoms with Crippen LogP contribution in [0.25, 0.3) is 0 Å². The highest BCUT2D eigenvalue weighted by atomic mass is 19.1. The molecule has 18 heavy (non-hydrogen) atoms. The second-order valence-electron chi connectivity index (χ2n) is 3.72. The molecular formula is C12H18FN3O2. The monoisotopic (exact) mass is 255 g/mol. The number of para-hydroxylation sites is 1. The van der Waals surface area contributed by atoms with Gasteiger partial charge in [-0.3, -0.25) is 4.79 Å². The first-order chi connectivity index (χ1) is 8.65. The number of ether oxygens (including phenoxy) is 1. The fourth-order valence-corrected chi connectivity index (χ4v) is 1.38. The van der Waals surface area contributed by atoms with Crippen molar-refractivity contribution in [1.82, 2.24) is 5.32 Å². The standard InChI is InChI=1S/C12H18FN3O2/c1-18-8-7-16-11(17)5-6-15-10-4-2-3-9(13)12(10)14/h2-4,15H,5-8,14H2,1H3,(H,16,17). The Hall–Kier alpha value is -1.82. The molecule has 0 aliphatic heterocycles. The Kier molecular flexibility index (Phi) is 5.93. The van der Waals surface area contributed by atoms with Crippen LogP contribution in [0.2, 0.25) is 0 Å². The number of halogens is 1. The number of nitrogens with one attached hydrogen (secondary N) is 2. The number of carbonyl (C=O) groups excluding carboxylic acids is 1. The van der Waals surface area contributed by atoms with E-state index in [2.05, 4.69) is 10.6 Å². The summed E-state index contributed by atoms with van der Waals surface area (Å²) in [5.41, 5.74) is 6.11. The van der Waals surface area contributed by atoms with E-state index in [0.717, 1.165) is 0 Å². The van der Waals surface area contributed by atoms with Crippen LogP contribution in [0.15, 0.2) is 18.2 Å². The first kappa shape index (κ1) is 14.2. The van der Waals surface area contributed by atoms with E-state index in [-0.39, 0.29) is 11.6 Å². The van der Waals surface area contributed by atoms with E-state index in [1.807, 2.05) is 0 Å². The molecule has 1 aromatic rings. The third kappa shape index (κ3) is 4.58. The van der Waals surface area contributed by atoms with Crippen molar-refractivity contribution in [2.75, 3.05) is 37.9 Å². The van der Waals surface area contributed by atoms with Crippen LogP contribution < -0.4 is 16.4 Å². The molecular weight excluding hydrogens is 237 g/mol. The van der Waals surface area contributed by atoms with Crippen molar-refractivity contribution in [2.24, 2.45) is 0 Å². The van der Waals surface area contributed by atoms with Gasteiger partial charge in [-0.25, -0.2) is 4.39 Å². The van der Waals surface area contributed by atoms with Crippen LogP contribution in [0.4, 0.5) is 15.8 Å². The highest BCUT2D eigenvalue weighted by Gasteiger charge is 2.04. The Labute approximate surface area is 106 Å². The summed E-state index contributed by atoms with van der Waals surface area (Å²) in [6.07, 6.45) is 0.291. The summed E-state index contributed by atoms with van der Waals surface area (Å²) in [6.45, 7) is 1.36. The van der Waals surface area contributed by atoms with Crippen molar-refractivity contribution in [3.63, 3.8) is 0 Å². The number of methoxy groups -OCH3 is 1. The zero-order chi connectivity index (χ0) is 13.4. The van der Waals surface area contributed by atoms with Crippen LogP contribution in [-0.2, 0) is 9.53 Å². The number of anilines is 2. The minimum absolute atomic E-state index is 0.0669. The Bertz CT molecular complexity index is 399. The molecule has 0 aliphatic rings. The van der Waals surface area contributed by atoms with Gasteiger partial charge in [0.25, 0.3) is 0 Å². The summed E-state index contributed by atoms with van der Waals surface area (Å²) in [4.78, 5) is 11.3. The Morgan fingerprint density at radius 2 is 2.22 bits per heavy atom. The Balaban J connectivity index is 2.29. The number of hydrogen-bond donors (Lipinski definition) is 3. The second-order valence-corrected chi connectivity index (χ2v) is 3.72. The maximum Gasteiger partial charge on any atom is 0.221 e. The first-order valence-corrected chi connectivity index (χ1v) is 5.68. The average Bonchev–Trinajstić information content (AvgIpc) is 2.35. The number of rotatable bonds is 7. The zero-order valence-electron chi connectivity index (χ0n) is 10.3. The van der Waals surface area contributed by atoms with Crippen molar-refractivity contribution in [2.45, 2.75) is 6.42 Å². The van der Waals surface area contributed by atoms with Gasteiger partial charge in [-0.2, -0.15) is 0 Å². The molecule has 0 atom stereocenters. The van der Waals surface area contributed by atoms with E-state index in [1.54, 1.807) is 19.2 Å². The molecule has 0 spiro atoms. The summed E-state index contributed by atoms with van der Waals surface area (Å²) in [5, 5.41) is 5.60. The largest absolute Gasteiger partial charge is 0.395 e. The Morgan fingerprint density at radius 1 is 1.44 bits per heavy atom. The van der Waals surface area contributed by atoms with Crippen molar-refractivity contribution >= 4 is 17.3 Å². The van der Waals surface area contributed by atoms with Crippen LogP contribution in [0.5, 0.6) is 0 Å². The van der Waals surface area contributed by atoms with Gasteiger partial charge in [-0.15, -0.1) is 0 Å². The number of carbonyl (C=O) groups is 1. The van der Waals surface area contributed by atoms with Gasteiger partial charge in [0.2, 0.25) is 5.91 Å².